The summed E-state index contributed by atoms with van der Waals surface area (Å²) in [7, 11) is 1.94. The molecule has 1 aromatic carbocycles. The maximum Gasteiger partial charge on any atom is 0.158 e. The molecule has 3 rings (SSSR count). The lowest BCUT2D eigenvalue weighted by Gasteiger charge is -2.23. The van der Waals surface area contributed by atoms with E-state index in [0.717, 1.165) is 17.4 Å². The van der Waals surface area contributed by atoms with E-state index in [1.54, 1.807) is 0 Å². The summed E-state index contributed by atoms with van der Waals surface area (Å²) >= 11 is 6.07. The summed E-state index contributed by atoms with van der Waals surface area (Å²) in [4.78, 5) is 0. The third kappa shape index (κ3) is 1.94. The summed E-state index contributed by atoms with van der Waals surface area (Å²) < 4.78 is 1.85. The summed E-state index contributed by atoms with van der Waals surface area (Å²) in [6, 6.07) is 6.94. The van der Waals surface area contributed by atoms with E-state index in [0.29, 0.717) is 11.2 Å². The highest BCUT2D eigenvalue weighted by Crippen LogP contribution is 2.28. The molecule has 4 heteroatoms. The van der Waals surface area contributed by atoms with Crippen molar-refractivity contribution in [3.8, 4) is 0 Å². The van der Waals surface area contributed by atoms with Crippen molar-refractivity contribution in [3.63, 3.8) is 0 Å². The fraction of sp³-hybridized carbons (Fsp3) is 0.462. The van der Waals surface area contributed by atoms with Crippen LogP contribution in [0, 0.1) is 0 Å². The van der Waals surface area contributed by atoms with Crippen molar-refractivity contribution in [3.05, 3.63) is 28.9 Å². The first kappa shape index (κ1) is 11.1. The van der Waals surface area contributed by atoms with E-state index in [4.69, 9.17) is 11.6 Å². The Morgan fingerprint density at radius 3 is 3.06 bits per heavy atom. The Morgan fingerprint density at radius 2 is 2.29 bits per heavy atom. The quantitative estimate of drug-likeness (QED) is 0.842. The first-order valence-electron chi connectivity index (χ1n) is 6.11. The number of piperidine rings is 1. The second kappa shape index (κ2) is 4.31. The Labute approximate surface area is 106 Å². The van der Waals surface area contributed by atoms with Gasteiger partial charge in [-0.05, 0) is 37.1 Å². The average molecular weight is 250 g/mol. The highest BCUT2D eigenvalue weighted by Gasteiger charge is 2.16. The number of aromatic nitrogens is 2. The van der Waals surface area contributed by atoms with Crippen molar-refractivity contribution in [2.45, 2.75) is 25.3 Å². The Bertz CT molecular complexity index is 541. The molecule has 1 aliphatic rings. The van der Waals surface area contributed by atoms with Crippen LogP contribution < -0.4 is 5.32 Å². The van der Waals surface area contributed by atoms with Crippen LogP contribution >= 0.6 is 11.6 Å². The first-order valence-corrected chi connectivity index (χ1v) is 6.49. The van der Waals surface area contributed by atoms with Crippen LogP contribution in [0.25, 0.3) is 10.9 Å². The fourth-order valence-corrected chi connectivity index (χ4v) is 2.86. The van der Waals surface area contributed by atoms with Crippen LogP contribution in [0.15, 0.2) is 18.2 Å². The Morgan fingerprint density at radius 1 is 1.41 bits per heavy atom. The van der Waals surface area contributed by atoms with E-state index < -0.39 is 0 Å². The SMILES string of the molecule is Cn1nc(Cl)c2ccc(C3CCCCN3)cc21. The van der Waals surface area contributed by atoms with Crippen LogP contribution in [-0.2, 0) is 7.05 Å². The molecule has 0 saturated carbocycles. The number of nitrogens with one attached hydrogen (secondary N) is 1. The molecular formula is C13H16ClN3. The second-order valence-corrected chi connectivity index (χ2v) is 5.05. The summed E-state index contributed by atoms with van der Waals surface area (Å²) in [6.45, 7) is 1.12. The molecule has 1 N–H and O–H groups in total. The van der Waals surface area contributed by atoms with Gasteiger partial charge < -0.3 is 5.32 Å². The fourth-order valence-electron chi connectivity index (χ4n) is 2.58. The zero-order valence-corrected chi connectivity index (χ0v) is 10.7. The highest BCUT2D eigenvalue weighted by molar-refractivity contribution is 6.34. The number of fused-ring (bicyclic) bond motifs is 1. The van der Waals surface area contributed by atoms with Gasteiger partial charge in [-0.1, -0.05) is 24.1 Å². The maximum atomic E-state index is 6.07. The number of rotatable bonds is 1. The largest absolute Gasteiger partial charge is 0.310 e. The van der Waals surface area contributed by atoms with Gasteiger partial charge in [0, 0.05) is 18.5 Å². The van der Waals surface area contributed by atoms with Crippen LogP contribution in [-0.4, -0.2) is 16.3 Å². The Kier molecular flexibility index (Phi) is 2.81. The van der Waals surface area contributed by atoms with Crippen molar-refractivity contribution in [2.75, 3.05) is 6.54 Å². The van der Waals surface area contributed by atoms with Crippen molar-refractivity contribution >= 4 is 22.5 Å². The van der Waals surface area contributed by atoms with Gasteiger partial charge in [0.15, 0.2) is 5.15 Å². The average Bonchev–Trinajstić information content (AvgIpc) is 2.66. The van der Waals surface area contributed by atoms with Gasteiger partial charge in [-0.15, -0.1) is 0 Å². The number of nitrogens with zero attached hydrogens (tertiary/aromatic N) is 2. The third-order valence-corrected chi connectivity index (χ3v) is 3.82. The van der Waals surface area contributed by atoms with Gasteiger partial charge in [0.25, 0.3) is 0 Å². The van der Waals surface area contributed by atoms with Gasteiger partial charge in [0.05, 0.1) is 5.52 Å². The molecule has 1 saturated heterocycles. The van der Waals surface area contributed by atoms with E-state index in [9.17, 15) is 0 Å². The number of aryl methyl sites for hydroxylation is 1. The monoisotopic (exact) mass is 249 g/mol. The van der Waals surface area contributed by atoms with E-state index in [-0.39, 0.29) is 0 Å². The second-order valence-electron chi connectivity index (χ2n) is 4.69. The van der Waals surface area contributed by atoms with E-state index in [2.05, 4.69) is 28.6 Å². The third-order valence-electron chi connectivity index (χ3n) is 3.54. The van der Waals surface area contributed by atoms with Gasteiger partial charge in [0.1, 0.15) is 0 Å². The number of hydrogen-bond donors (Lipinski definition) is 1. The Balaban J connectivity index is 2.03. The standard InChI is InChI=1S/C13H16ClN3/c1-17-12-8-9(11-4-2-3-7-15-11)5-6-10(12)13(14)16-17/h5-6,8,11,15H,2-4,7H2,1H3. The lowest BCUT2D eigenvalue weighted by Crippen LogP contribution is -2.26. The summed E-state index contributed by atoms with van der Waals surface area (Å²) in [6.07, 6.45) is 3.81. The predicted octanol–water partition coefficient (Wildman–Crippen LogP) is 3.04. The molecule has 0 amide bonds. The molecule has 1 atom stereocenters. The summed E-state index contributed by atoms with van der Waals surface area (Å²) in [5.41, 5.74) is 2.46. The van der Waals surface area contributed by atoms with Crippen LogP contribution in [0.2, 0.25) is 5.15 Å². The van der Waals surface area contributed by atoms with Crippen LogP contribution in [0.3, 0.4) is 0 Å². The topological polar surface area (TPSA) is 29.9 Å². The molecule has 90 valence electrons. The van der Waals surface area contributed by atoms with Gasteiger partial charge in [-0.3, -0.25) is 4.68 Å². The van der Waals surface area contributed by atoms with Crippen molar-refractivity contribution in [1.82, 2.24) is 15.1 Å². The minimum Gasteiger partial charge on any atom is -0.310 e. The van der Waals surface area contributed by atoms with Crippen molar-refractivity contribution < 1.29 is 0 Å². The predicted molar refractivity (Wildman–Crippen MR) is 70.3 cm³/mol. The molecule has 1 unspecified atom stereocenters. The van der Waals surface area contributed by atoms with E-state index >= 15 is 0 Å². The number of benzene rings is 1. The molecule has 2 aromatic rings. The maximum absolute atomic E-state index is 6.07. The highest BCUT2D eigenvalue weighted by atomic mass is 35.5. The minimum absolute atomic E-state index is 0.488. The normalized spacial score (nSPS) is 20.9. The van der Waals surface area contributed by atoms with E-state index in [1.807, 2.05) is 11.7 Å². The van der Waals surface area contributed by atoms with Crippen molar-refractivity contribution in [2.24, 2.45) is 7.05 Å². The van der Waals surface area contributed by atoms with Crippen molar-refractivity contribution in [1.29, 1.82) is 0 Å². The van der Waals surface area contributed by atoms with Gasteiger partial charge in [-0.25, -0.2) is 0 Å². The molecule has 0 spiro atoms. The molecule has 3 nitrogen and oxygen atoms in total. The zero-order chi connectivity index (χ0) is 11.8. The molecule has 1 fully saturated rings. The molecule has 0 radical (unpaired) electrons. The molecule has 17 heavy (non-hydrogen) atoms. The molecule has 0 bridgehead atoms. The van der Waals surface area contributed by atoms with Gasteiger partial charge in [0.2, 0.25) is 0 Å². The lowest BCUT2D eigenvalue weighted by atomic mass is 9.97. The lowest BCUT2D eigenvalue weighted by molar-refractivity contribution is 0.412. The van der Waals surface area contributed by atoms with Crippen LogP contribution in [0.4, 0.5) is 0 Å². The zero-order valence-electron chi connectivity index (χ0n) is 9.91. The van der Waals surface area contributed by atoms with Crippen LogP contribution in [0.5, 0.6) is 0 Å². The molecule has 2 heterocycles. The molecule has 1 aliphatic heterocycles. The number of hydrogen-bond acceptors (Lipinski definition) is 2. The molecular weight excluding hydrogens is 234 g/mol. The van der Waals surface area contributed by atoms with Crippen LogP contribution in [0.1, 0.15) is 30.9 Å². The van der Waals surface area contributed by atoms with Gasteiger partial charge >= 0.3 is 0 Å². The molecule has 0 aliphatic carbocycles. The Hall–Kier alpha value is -1.06. The smallest absolute Gasteiger partial charge is 0.158 e. The molecule has 1 aromatic heterocycles. The minimum atomic E-state index is 0.488. The number of halogens is 1. The summed E-state index contributed by atoms with van der Waals surface area (Å²) in [5.74, 6) is 0. The van der Waals surface area contributed by atoms with E-state index in [1.165, 1.54) is 24.8 Å². The van der Waals surface area contributed by atoms with Gasteiger partial charge in [-0.2, -0.15) is 5.10 Å². The first-order chi connectivity index (χ1) is 8.25. The summed E-state index contributed by atoms with van der Waals surface area (Å²) in [5, 5.41) is 9.43.